The van der Waals surface area contributed by atoms with E-state index < -0.39 is 24.1 Å². The van der Waals surface area contributed by atoms with Crippen LogP contribution in [0, 0.1) is 23.2 Å². The SMILES string of the molecule is N#C[C@H]1C[C@H](O)C[C@@H](C(F)(F)F)C1. The van der Waals surface area contributed by atoms with Gasteiger partial charge in [0.1, 0.15) is 0 Å². The minimum absolute atomic E-state index is 0.170. The van der Waals surface area contributed by atoms with Gasteiger partial charge >= 0.3 is 6.18 Å². The molecule has 0 aromatic heterocycles. The molecule has 74 valence electrons. The predicted molar refractivity (Wildman–Crippen MR) is 38.5 cm³/mol. The molecule has 0 heterocycles. The maximum Gasteiger partial charge on any atom is 0.391 e. The first kappa shape index (κ1) is 10.3. The Balaban J connectivity index is 2.64. The van der Waals surface area contributed by atoms with Crippen molar-refractivity contribution in [2.24, 2.45) is 11.8 Å². The Morgan fingerprint density at radius 2 is 1.85 bits per heavy atom. The van der Waals surface area contributed by atoms with E-state index in [4.69, 9.17) is 10.4 Å². The van der Waals surface area contributed by atoms with Gasteiger partial charge in [0.2, 0.25) is 0 Å². The Kier molecular flexibility index (Phi) is 2.81. The van der Waals surface area contributed by atoms with Crippen LogP contribution in [-0.2, 0) is 0 Å². The van der Waals surface area contributed by atoms with Gasteiger partial charge in [0, 0.05) is 5.92 Å². The third-order valence-corrected chi connectivity index (χ3v) is 2.33. The standard InChI is InChI=1S/C8H10F3NO/c9-8(10,11)6-1-5(4-12)2-7(13)3-6/h5-7,13H,1-3H2/t5-,6+,7+/m1/s1. The first-order valence-electron chi connectivity index (χ1n) is 4.08. The van der Waals surface area contributed by atoms with Crippen molar-refractivity contribution in [2.45, 2.75) is 31.5 Å². The summed E-state index contributed by atoms with van der Waals surface area (Å²) < 4.78 is 36.6. The van der Waals surface area contributed by atoms with E-state index in [2.05, 4.69) is 0 Å². The van der Waals surface area contributed by atoms with E-state index in [1.807, 2.05) is 0 Å². The molecule has 1 N–H and O–H groups in total. The lowest BCUT2D eigenvalue weighted by Gasteiger charge is -2.30. The number of alkyl halides is 3. The average molecular weight is 193 g/mol. The zero-order chi connectivity index (χ0) is 10.1. The molecule has 1 aliphatic carbocycles. The Bertz CT molecular complexity index is 220. The maximum atomic E-state index is 12.2. The number of halogens is 3. The van der Waals surface area contributed by atoms with E-state index >= 15 is 0 Å². The van der Waals surface area contributed by atoms with Gasteiger partial charge in [0.05, 0.1) is 18.1 Å². The van der Waals surface area contributed by atoms with Crippen molar-refractivity contribution in [1.82, 2.24) is 0 Å². The second-order valence-electron chi connectivity index (χ2n) is 3.43. The number of nitrogens with zero attached hydrogens (tertiary/aromatic N) is 1. The maximum absolute atomic E-state index is 12.2. The van der Waals surface area contributed by atoms with Gasteiger partial charge in [-0.1, -0.05) is 0 Å². The quantitative estimate of drug-likeness (QED) is 0.638. The Labute approximate surface area is 74.0 Å². The van der Waals surface area contributed by atoms with Crippen LogP contribution < -0.4 is 0 Å². The fraction of sp³-hybridized carbons (Fsp3) is 0.875. The van der Waals surface area contributed by atoms with Crippen LogP contribution in [0.15, 0.2) is 0 Å². The highest BCUT2D eigenvalue weighted by Crippen LogP contribution is 2.39. The molecule has 0 aliphatic heterocycles. The second kappa shape index (κ2) is 3.54. The van der Waals surface area contributed by atoms with Crippen molar-refractivity contribution in [3.8, 4) is 6.07 Å². The Morgan fingerprint density at radius 3 is 2.31 bits per heavy atom. The Hall–Kier alpha value is -0.760. The second-order valence-corrected chi connectivity index (χ2v) is 3.43. The molecular formula is C8H10F3NO. The number of aliphatic hydroxyl groups excluding tert-OH is 1. The lowest BCUT2D eigenvalue weighted by atomic mass is 9.80. The summed E-state index contributed by atoms with van der Waals surface area (Å²) in [5.74, 6) is -2.17. The third-order valence-electron chi connectivity index (χ3n) is 2.33. The van der Waals surface area contributed by atoms with Crippen LogP contribution in [0.4, 0.5) is 13.2 Å². The van der Waals surface area contributed by atoms with E-state index in [9.17, 15) is 13.2 Å². The molecule has 3 atom stereocenters. The molecule has 13 heavy (non-hydrogen) atoms. The van der Waals surface area contributed by atoms with Crippen molar-refractivity contribution < 1.29 is 18.3 Å². The summed E-state index contributed by atoms with van der Waals surface area (Å²) in [4.78, 5) is 0. The van der Waals surface area contributed by atoms with Crippen molar-refractivity contribution in [3.63, 3.8) is 0 Å². The topological polar surface area (TPSA) is 44.0 Å². The molecule has 1 fully saturated rings. The van der Waals surface area contributed by atoms with Gasteiger partial charge in [-0.25, -0.2) is 0 Å². The largest absolute Gasteiger partial charge is 0.393 e. The molecule has 0 amide bonds. The molecule has 1 rings (SSSR count). The van der Waals surface area contributed by atoms with Crippen molar-refractivity contribution in [1.29, 1.82) is 5.26 Å². The Morgan fingerprint density at radius 1 is 1.23 bits per heavy atom. The van der Waals surface area contributed by atoms with Gasteiger partial charge in [-0.2, -0.15) is 18.4 Å². The summed E-state index contributed by atoms with van der Waals surface area (Å²) in [7, 11) is 0. The van der Waals surface area contributed by atoms with Crippen LogP contribution in [-0.4, -0.2) is 17.4 Å². The lowest BCUT2D eigenvalue weighted by Crippen LogP contribution is -2.34. The number of aliphatic hydroxyl groups is 1. The van der Waals surface area contributed by atoms with Gasteiger partial charge in [-0.05, 0) is 19.3 Å². The van der Waals surface area contributed by atoms with Crippen molar-refractivity contribution >= 4 is 0 Å². The van der Waals surface area contributed by atoms with Crippen molar-refractivity contribution in [2.75, 3.05) is 0 Å². The molecule has 0 saturated heterocycles. The van der Waals surface area contributed by atoms with Crippen LogP contribution in [0.2, 0.25) is 0 Å². The number of rotatable bonds is 0. The summed E-state index contributed by atoms with van der Waals surface area (Å²) in [5.41, 5.74) is 0. The molecule has 0 aromatic carbocycles. The minimum Gasteiger partial charge on any atom is -0.393 e. The molecular weight excluding hydrogens is 183 g/mol. The molecule has 1 aliphatic rings. The first-order chi connectivity index (χ1) is 5.93. The molecule has 5 heteroatoms. The zero-order valence-corrected chi connectivity index (χ0v) is 6.88. The van der Waals surface area contributed by atoms with Gasteiger partial charge < -0.3 is 5.11 Å². The summed E-state index contributed by atoms with van der Waals surface area (Å²) in [5, 5.41) is 17.6. The normalized spacial score (nSPS) is 35.5. The summed E-state index contributed by atoms with van der Waals surface area (Å²) in [6.45, 7) is 0. The smallest absolute Gasteiger partial charge is 0.391 e. The van der Waals surface area contributed by atoms with E-state index in [0.717, 1.165) is 0 Å². The molecule has 0 unspecified atom stereocenters. The minimum atomic E-state index is -4.28. The summed E-state index contributed by atoms with van der Waals surface area (Å²) >= 11 is 0. The molecule has 0 aromatic rings. The fourth-order valence-electron chi connectivity index (χ4n) is 1.66. The van der Waals surface area contributed by atoms with Gasteiger partial charge in [0.15, 0.2) is 0 Å². The molecule has 1 saturated carbocycles. The first-order valence-corrected chi connectivity index (χ1v) is 4.08. The van der Waals surface area contributed by atoms with Gasteiger partial charge in [0.25, 0.3) is 0 Å². The summed E-state index contributed by atoms with van der Waals surface area (Å²) in [6, 6.07) is 1.78. The number of hydrogen-bond acceptors (Lipinski definition) is 2. The van der Waals surface area contributed by atoms with E-state index in [1.54, 1.807) is 6.07 Å². The zero-order valence-electron chi connectivity index (χ0n) is 6.88. The van der Waals surface area contributed by atoms with E-state index in [-0.39, 0.29) is 19.3 Å². The average Bonchev–Trinajstić information content (AvgIpc) is 2.01. The van der Waals surface area contributed by atoms with E-state index in [1.165, 1.54) is 0 Å². The highest BCUT2D eigenvalue weighted by Gasteiger charge is 2.44. The highest BCUT2D eigenvalue weighted by atomic mass is 19.4. The molecule has 0 radical (unpaired) electrons. The predicted octanol–water partition coefficient (Wildman–Crippen LogP) is 1.85. The molecule has 0 bridgehead atoms. The fourth-order valence-corrected chi connectivity index (χ4v) is 1.66. The van der Waals surface area contributed by atoms with E-state index in [0.29, 0.717) is 0 Å². The lowest BCUT2D eigenvalue weighted by molar-refractivity contribution is -0.192. The van der Waals surface area contributed by atoms with Gasteiger partial charge in [-0.3, -0.25) is 0 Å². The molecule has 2 nitrogen and oxygen atoms in total. The van der Waals surface area contributed by atoms with Crippen LogP contribution in [0.25, 0.3) is 0 Å². The van der Waals surface area contributed by atoms with Crippen LogP contribution in [0.1, 0.15) is 19.3 Å². The number of hydrogen-bond donors (Lipinski definition) is 1. The third kappa shape index (κ3) is 2.59. The monoisotopic (exact) mass is 193 g/mol. The van der Waals surface area contributed by atoms with Crippen LogP contribution >= 0.6 is 0 Å². The van der Waals surface area contributed by atoms with Crippen molar-refractivity contribution in [3.05, 3.63) is 0 Å². The van der Waals surface area contributed by atoms with Crippen LogP contribution in [0.3, 0.4) is 0 Å². The number of nitriles is 1. The van der Waals surface area contributed by atoms with Gasteiger partial charge in [-0.15, -0.1) is 0 Å². The summed E-state index contributed by atoms with van der Waals surface area (Å²) in [6.07, 6.45) is -5.52. The highest BCUT2D eigenvalue weighted by molar-refractivity contribution is 4.92. The van der Waals surface area contributed by atoms with Crippen LogP contribution in [0.5, 0.6) is 0 Å². The molecule has 0 spiro atoms.